The van der Waals surface area contributed by atoms with Gasteiger partial charge in [0.15, 0.2) is 24.8 Å². The predicted octanol–water partition coefficient (Wildman–Crippen LogP) is 2.86. The van der Waals surface area contributed by atoms with Gasteiger partial charge in [-0.15, -0.1) is 0 Å². The van der Waals surface area contributed by atoms with Gasteiger partial charge in [0, 0.05) is 12.1 Å². The molecule has 0 spiro atoms. The van der Waals surface area contributed by atoms with E-state index in [-0.39, 0.29) is 0 Å². The number of nitrogen functional groups attached to an aromatic ring is 2. The van der Waals surface area contributed by atoms with Crippen molar-refractivity contribution in [1.82, 2.24) is 0 Å². The number of nitrogens with zero attached hydrogens (tertiary/aromatic N) is 2. The van der Waals surface area contributed by atoms with E-state index in [0.29, 0.717) is 106 Å². The summed E-state index contributed by atoms with van der Waals surface area (Å²) in [6, 6.07) is 7.65. The molecule has 0 aromatic carbocycles. The molecule has 4 N–H and O–H groups in total. The highest BCUT2D eigenvalue weighted by Crippen LogP contribution is 2.07. The Hall–Kier alpha value is -2.85. The molecule has 3 rings (SSSR count). The van der Waals surface area contributed by atoms with Crippen molar-refractivity contribution < 1.29 is 81.6 Å². The van der Waals surface area contributed by atoms with Crippen LogP contribution in [0.5, 0.6) is 0 Å². The largest absolute Gasteiger partial charge is 0.673 e. The minimum atomic E-state index is -6.00. The number of pyridine rings is 2. The molecule has 290 valence electrons. The second-order valence-electron chi connectivity index (χ2n) is 9.64. The molecule has 2 aromatic heterocycles. The maximum Gasteiger partial charge on any atom is 0.673 e. The average molecular weight is 742 g/mol. The fourth-order valence-electron chi connectivity index (χ4n) is 3.35. The van der Waals surface area contributed by atoms with Gasteiger partial charge < -0.3 is 83.9 Å². The van der Waals surface area contributed by atoms with E-state index in [1.165, 1.54) is 0 Å². The molecule has 1 saturated heterocycles. The molecule has 22 heteroatoms. The van der Waals surface area contributed by atoms with Crippen molar-refractivity contribution in [3.63, 3.8) is 0 Å². The summed E-state index contributed by atoms with van der Waals surface area (Å²) in [5.74, 6) is 0. The van der Waals surface area contributed by atoms with E-state index in [1.807, 2.05) is 49.1 Å². The van der Waals surface area contributed by atoms with E-state index in [2.05, 4.69) is 9.13 Å². The Morgan fingerprint density at radius 2 is 0.600 bits per heavy atom. The number of aromatic nitrogens is 2. The van der Waals surface area contributed by atoms with Crippen molar-refractivity contribution >= 4 is 25.9 Å². The van der Waals surface area contributed by atoms with Crippen LogP contribution in [0, 0.1) is 0 Å². The number of rotatable bonds is 3. The Labute approximate surface area is 287 Å². The highest BCUT2D eigenvalue weighted by molar-refractivity contribution is 6.50. The highest BCUT2D eigenvalue weighted by atomic mass is 19.5. The summed E-state index contributed by atoms with van der Waals surface area (Å²) in [6.07, 6.45) is 7.85. The molecule has 2 aromatic rings. The fourth-order valence-corrected chi connectivity index (χ4v) is 3.35. The Morgan fingerprint density at radius 1 is 0.420 bits per heavy atom. The van der Waals surface area contributed by atoms with Crippen LogP contribution < -0.4 is 20.6 Å². The number of hydrogen-bond donors (Lipinski definition) is 2. The van der Waals surface area contributed by atoms with Gasteiger partial charge in [-0.25, -0.2) is 0 Å². The summed E-state index contributed by atoms with van der Waals surface area (Å²) < 4.78 is 125. The number of halogens is 8. The van der Waals surface area contributed by atoms with Crippen LogP contribution in [0.2, 0.25) is 0 Å². The average Bonchev–Trinajstić information content (AvgIpc) is 3.01. The van der Waals surface area contributed by atoms with Gasteiger partial charge >= 0.3 is 14.5 Å². The molecule has 1 fully saturated rings. The Kier molecular flexibility index (Phi) is 29.2. The van der Waals surface area contributed by atoms with Crippen LogP contribution >= 0.6 is 0 Å². The minimum Gasteiger partial charge on any atom is -0.418 e. The van der Waals surface area contributed by atoms with Crippen molar-refractivity contribution in [2.45, 2.75) is 13.1 Å². The molecule has 1 aliphatic heterocycles. The Balaban J connectivity index is 0.000000784. The zero-order chi connectivity index (χ0) is 37.4. The van der Waals surface area contributed by atoms with E-state index in [1.54, 1.807) is 0 Å². The molecule has 12 nitrogen and oxygen atoms in total. The number of nitrogens with two attached hydrogens (primary N) is 2. The van der Waals surface area contributed by atoms with Crippen LogP contribution in [-0.4, -0.2) is 120 Å². The third-order valence-corrected chi connectivity index (χ3v) is 5.35. The van der Waals surface area contributed by atoms with Crippen molar-refractivity contribution in [2.24, 2.45) is 0 Å². The standard InChI is InChI=1S/C16H32O8.C12H16N4.2BF4/c1-2-18-5-6-20-9-10-22-13-14-24-16-15-23-12-11-21-8-7-19-4-3-17-1;13-11-3-1-5-15(9-11)7-8-16-6-2-4-12(14)10-16;2*2-1(3,4)5/h1-16H2;1-6,9-10H,7-8,13-14H2;;/q;+2;2*-1. The first-order valence-corrected chi connectivity index (χ1v) is 15.6. The first kappa shape index (κ1) is 47.1. The molecule has 0 amide bonds. The second-order valence-corrected chi connectivity index (χ2v) is 9.64. The zero-order valence-corrected chi connectivity index (χ0v) is 27.8. The van der Waals surface area contributed by atoms with Crippen molar-refractivity contribution in [3.8, 4) is 0 Å². The smallest absolute Gasteiger partial charge is 0.418 e. The summed E-state index contributed by atoms with van der Waals surface area (Å²) in [4.78, 5) is 0. The zero-order valence-electron chi connectivity index (χ0n) is 27.8. The maximum atomic E-state index is 9.75. The number of ether oxygens (including phenoxy) is 8. The fraction of sp³-hybridized carbons (Fsp3) is 0.643. The quantitative estimate of drug-likeness (QED) is 0.275. The van der Waals surface area contributed by atoms with Crippen LogP contribution in [0.15, 0.2) is 49.1 Å². The molecular weight excluding hydrogens is 694 g/mol. The third kappa shape index (κ3) is 41.3. The lowest BCUT2D eigenvalue weighted by molar-refractivity contribution is -0.777. The van der Waals surface area contributed by atoms with E-state index in [0.717, 1.165) is 24.5 Å². The molecule has 0 bridgehead atoms. The monoisotopic (exact) mass is 742 g/mol. The lowest BCUT2D eigenvalue weighted by atomic mass is 10.3. The molecule has 0 aliphatic carbocycles. The molecular formula is C28H48B2F8N4O8. The van der Waals surface area contributed by atoms with Gasteiger partial charge in [0.25, 0.3) is 0 Å². The Bertz CT molecular complexity index is 894. The van der Waals surface area contributed by atoms with Gasteiger partial charge in [-0.05, 0) is 12.1 Å². The molecule has 1 aliphatic rings. The maximum absolute atomic E-state index is 9.75. The van der Waals surface area contributed by atoms with E-state index in [4.69, 9.17) is 49.4 Å². The molecule has 0 saturated carbocycles. The first-order chi connectivity index (χ1) is 23.7. The highest BCUT2D eigenvalue weighted by Gasteiger charge is 2.21. The van der Waals surface area contributed by atoms with Gasteiger partial charge in [-0.1, -0.05) is 0 Å². The number of anilines is 2. The summed E-state index contributed by atoms with van der Waals surface area (Å²) in [5.41, 5.74) is 13.0. The third-order valence-electron chi connectivity index (χ3n) is 5.35. The molecule has 0 unspecified atom stereocenters. The topological polar surface area (TPSA) is 134 Å². The minimum absolute atomic E-state index is 0.556. The lowest BCUT2D eigenvalue weighted by Crippen LogP contribution is -2.44. The Morgan fingerprint density at radius 3 is 0.760 bits per heavy atom. The molecule has 0 radical (unpaired) electrons. The molecule has 50 heavy (non-hydrogen) atoms. The van der Waals surface area contributed by atoms with Crippen LogP contribution in [0.4, 0.5) is 45.9 Å². The molecule has 3 heterocycles. The van der Waals surface area contributed by atoms with Crippen LogP contribution in [0.1, 0.15) is 0 Å². The van der Waals surface area contributed by atoms with E-state index in [9.17, 15) is 34.5 Å². The first-order valence-electron chi connectivity index (χ1n) is 15.6. The second kappa shape index (κ2) is 30.9. The van der Waals surface area contributed by atoms with Gasteiger partial charge in [0.2, 0.25) is 13.1 Å². The van der Waals surface area contributed by atoms with E-state index < -0.39 is 14.5 Å². The summed E-state index contributed by atoms with van der Waals surface area (Å²) >= 11 is 0. The van der Waals surface area contributed by atoms with Crippen LogP contribution in [-0.2, 0) is 51.0 Å². The number of hydrogen-bond acceptors (Lipinski definition) is 10. The predicted molar refractivity (Wildman–Crippen MR) is 169 cm³/mol. The van der Waals surface area contributed by atoms with Crippen molar-refractivity contribution in [2.75, 3.05) is 117 Å². The van der Waals surface area contributed by atoms with Crippen molar-refractivity contribution in [1.29, 1.82) is 0 Å². The van der Waals surface area contributed by atoms with Gasteiger partial charge in [0.1, 0.15) is 0 Å². The SMILES string of the molecule is C1COCCOCCOCCOCCOCCOCCOCCO1.F[B-](F)(F)F.F[B-](F)(F)F.Nc1ccc[n+](CC[n+]2cccc(N)c2)c1. The van der Waals surface area contributed by atoms with Gasteiger partial charge in [-0.2, -0.15) is 9.13 Å². The lowest BCUT2D eigenvalue weighted by Gasteiger charge is -2.09. The van der Waals surface area contributed by atoms with E-state index >= 15 is 0 Å². The van der Waals surface area contributed by atoms with Gasteiger partial charge in [0.05, 0.1) is 117 Å². The van der Waals surface area contributed by atoms with Crippen LogP contribution in [0.3, 0.4) is 0 Å². The molecule has 0 atom stereocenters. The van der Waals surface area contributed by atoms with Crippen molar-refractivity contribution in [3.05, 3.63) is 49.1 Å². The summed E-state index contributed by atoms with van der Waals surface area (Å²) in [5, 5.41) is 0. The summed E-state index contributed by atoms with van der Waals surface area (Å²) in [6.45, 7) is 10.6. The number of aryl methyl sites for hydroxylation is 2. The van der Waals surface area contributed by atoms with Gasteiger partial charge in [-0.3, -0.25) is 0 Å². The summed E-state index contributed by atoms with van der Waals surface area (Å²) in [7, 11) is -12.0. The normalized spacial score (nSPS) is 17.2. The van der Waals surface area contributed by atoms with Crippen LogP contribution in [0.25, 0.3) is 0 Å².